The molecule has 90 valence electrons. The maximum atomic E-state index is 11.8. The van der Waals surface area contributed by atoms with Crippen molar-refractivity contribution in [3.05, 3.63) is 12.3 Å². The largest absolute Gasteiger partial charge is 0.393 e. The van der Waals surface area contributed by atoms with Crippen LogP contribution in [0.1, 0.15) is 6.92 Å². The lowest BCUT2D eigenvalue weighted by Gasteiger charge is -2.11. The minimum absolute atomic E-state index is 0.114. The van der Waals surface area contributed by atoms with E-state index < -0.39 is 10.0 Å². The zero-order chi connectivity index (χ0) is 12.3. The highest BCUT2D eigenvalue weighted by Crippen LogP contribution is 2.06. The number of aryl methyl sites for hydroxylation is 1. The number of sulfonamides is 1. The normalized spacial score (nSPS) is 13.6. The Labute approximate surface area is 99.9 Å². The van der Waals surface area contributed by atoms with Crippen LogP contribution in [0.4, 0.5) is 0 Å². The van der Waals surface area contributed by atoms with Gasteiger partial charge in [-0.2, -0.15) is 5.10 Å². The highest BCUT2D eigenvalue weighted by atomic mass is 32.2. The number of rotatable bonds is 5. The number of hydrogen-bond acceptors (Lipinski definition) is 4. The average molecular weight is 262 g/mol. The Bertz CT molecular complexity index is 480. The van der Waals surface area contributed by atoms with Crippen LogP contribution in [0.5, 0.6) is 0 Å². The standard InChI is InChI=1S/C8H14N4O2S2/c1-6(8(9)15)5-11-16(13,14)7-3-4-10-12(7)2/h3-4,6,11H,5H2,1-2H3,(H2,9,15). The smallest absolute Gasteiger partial charge is 0.257 e. The predicted molar refractivity (Wildman–Crippen MR) is 64.3 cm³/mol. The van der Waals surface area contributed by atoms with E-state index in [-0.39, 0.29) is 22.5 Å². The van der Waals surface area contributed by atoms with Gasteiger partial charge in [0, 0.05) is 19.5 Å². The summed E-state index contributed by atoms with van der Waals surface area (Å²) in [6.07, 6.45) is 1.42. The molecule has 1 unspecified atom stereocenters. The minimum Gasteiger partial charge on any atom is -0.393 e. The fourth-order valence-electron chi connectivity index (χ4n) is 1.03. The Morgan fingerprint density at radius 1 is 1.75 bits per heavy atom. The van der Waals surface area contributed by atoms with Crippen LogP contribution in [0.25, 0.3) is 0 Å². The summed E-state index contributed by atoms with van der Waals surface area (Å²) >= 11 is 4.76. The van der Waals surface area contributed by atoms with E-state index in [0.717, 1.165) is 0 Å². The van der Waals surface area contributed by atoms with Gasteiger partial charge in [0.25, 0.3) is 10.0 Å². The van der Waals surface area contributed by atoms with E-state index in [1.807, 2.05) is 0 Å². The molecule has 0 radical (unpaired) electrons. The molecule has 0 aliphatic heterocycles. The van der Waals surface area contributed by atoms with E-state index in [1.54, 1.807) is 14.0 Å². The van der Waals surface area contributed by atoms with Gasteiger partial charge in [0.1, 0.15) is 0 Å². The van der Waals surface area contributed by atoms with Gasteiger partial charge in [-0.15, -0.1) is 0 Å². The highest BCUT2D eigenvalue weighted by Gasteiger charge is 2.18. The summed E-state index contributed by atoms with van der Waals surface area (Å²) in [6, 6.07) is 1.42. The fourth-order valence-corrected chi connectivity index (χ4v) is 2.37. The average Bonchev–Trinajstić information content (AvgIpc) is 2.61. The summed E-state index contributed by atoms with van der Waals surface area (Å²) in [5.74, 6) is -0.182. The summed E-state index contributed by atoms with van der Waals surface area (Å²) in [4.78, 5) is 0.285. The van der Waals surface area contributed by atoms with Crippen molar-refractivity contribution in [2.75, 3.05) is 6.54 Å². The Kier molecular flexibility index (Phi) is 4.00. The van der Waals surface area contributed by atoms with Crippen molar-refractivity contribution < 1.29 is 8.42 Å². The first-order valence-electron chi connectivity index (χ1n) is 4.61. The lowest BCUT2D eigenvalue weighted by molar-refractivity contribution is 0.557. The van der Waals surface area contributed by atoms with E-state index in [9.17, 15) is 8.42 Å². The number of aromatic nitrogens is 2. The van der Waals surface area contributed by atoms with Crippen LogP contribution in [0.3, 0.4) is 0 Å². The van der Waals surface area contributed by atoms with Gasteiger partial charge in [0.2, 0.25) is 0 Å². The molecule has 0 aromatic carbocycles. The lowest BCUT2D eigenvalue weighted by Crippen LogP contribution is -2.34. The fraction of sp³-hybridized carbons (Fsp3) is 0.500. The van der Waals surface area contributed by atoms with Crippen molar-refractivity contribution in [1.29, 1.82) is 0 Å². The van der Waals surface area contributed by atoms with Crippen molar-refractivity contribution in [3.63, 3.8) is 0 Å². The summed E-state index contributed by atoms with van der Waals surface area (Å²) in [7, 11) is -1.98. The second-order valence-electron chi connectivity index (χ2n) is 3.45. The van der Waals surface area contributed by atoms with E-state index in [4.69, 9.17) is 18.0 Å². The molecule has 0 spiro atoms. The Balaban J connectivity index is 2.75. The molecular formula is C8H14N4O2S2. The van der Waals surface area contributed by atoms with Gasteiger partial charge in [-0.3, -0.25) is 4.68 Å². The van der Waals surface area contributed by atoms with Gasteiger partial charge < -0.3 is 5.73 Å². The van der Waals surface area contributed by atoms with Crippen LogP contribution >= 0.6 is 12.2 Å². The summed E-state index contributed by atoms with van der Waals surface area (Å²) in [6.45, 7) is 1.94. The first-order chi connectivity index (χ1) is 7.34. The number of hydrogen-bond donors (Lipinski definition) is 2. The molecule has 16 heavy (non-hydrogen) atoms. The molecule has 1 heterocycles. The first kappa shape index (κ1) is 13.1. The van der Waals surface area contributed by atoms with E-state index in [2.05, 4.69) is 9.82 Å². The van der Waals surface area contributed by atoms with Gasteiger partial charge in [-0.05, 0) is 6.07 Å². The predicted octanol–water partition coefficient (Wildman–Crippen LogP) is -0.379. The van der Waals surface area contributed by atoms with Crippen LogP contribution in [-0.4, -0.2) is 29.7 Å². The Hall–Kier alpha value is -0.990. The number of nitrogens with one attached hydrogen (secondary N) is 1. The molecule has 8 heteroatoms. The highest BCUT2D eigenvalue weighted by molar-refractivity contribution is 7.89. The van der Waals surface area contributed by atoms with Crippen molar-refractivity contribution in [1.82, 2.24) is 14.5 Å². The second kappa shape index (κ2) is 4.89. The van der Waals surface area contributed by atoms with Crippen LogP contribution in [0.15, 0.2) is 17.3 Å². The molecule has 1 aromatic rings. The van der Waals surface area contributed by atoms with Gasteiger partial charge >= 0.3 is 0 Å². The van der Waals surface area contributed by atoms with Gasteiger partial charge in [-0.1, -0.05) is 19.1 Å². The monoisotopic (exact) mass is 262 g/mol. The molecule has 0 amide bonds. The molecule has 0 fully saturated rings. The zero-order valence-corrected chi connectivity index (χ0v) is 10.7. The molecule has 0 aliphatic carbocycles. The maximum Gasteiger partial charge on any atom is 0.257 e. The lowest BCUT2D eigenvalue weighted by atomic mass is 10.2. The third-order valence-corrected chi connectivity index (χ3v) is 4.02. The molecular weight excluding hydrogens is 248 g/mol. The molecule has 0 saturated heterocycles. The van der Waals surface area contributed by atoms with Crippen molar-refractivity contribution in [3.8, 4) is 0 Å². The van der Waals surface area contributed by atoms with Crippen molar-refractivity contribution in [2.24, 2.45) is 18.7 Å². The number of nitrogens with two attached hydrogens (primary N) is 1. The summed E-state index contributed by atoms with van der Waals surface area (Å²) in [5.41, 5.74) is 5.39. The third kappa shape index (κ3) is 3.00. The van der Waals surface area contributed by atoms with Crippen LogP contribution in [-0.2, 0) is 17.1 Å². The van der Waals surface area contributed by atoms with E-state index in [1.165, 1.54) is 16.9 Å². The molecule has 0 saturated carbocycles. The molecule has 1 atom stereocenters. The molecule has 6 nitrogen and oxygen atoms in total. The van der Waals surface area contributed by atoms with Crippen molar-refractivity contribution >= 4 is 27.2 Å². The topological polar surface area (TPSA) is 90.0 Å². The van der Waals surface area contributed by atoms with Crippen LogP contribution in [0.2, 0.25) is 0 Å². The van der Waals surface area contributed by atoms with Gasteiger partial charge in [-0.25, -0.2) is 13.1 Å². The first-order valence-corrected chi connectivity index (χ1v) is 6.50. The maximum absolute atomic E-state index is 11.8. The molecule has 0 aliphatic rings. The Morgan fingerprint density at radius 2 is 2.38 bits per heavy atom. The molecule has 0 bridgehead atoms. The minimum atomic E-state index is -3.54. The van der Waals surface area contributed by atoms with Gasteiger partial charge in [0.15, 0.2) is 5.03 Å². The molecule has 1 rings (SSSR count). The molecule has 1 aromatic heterocycles. The second-order valence-corrected chi connectivity index (χ2v) is 5.63. The Morgan fingerprint density at radius 3 is 2.81 bits per heavy atom. The third-order valence-electron chi connectivity index (χ3n) is 2.12. The van der Waals surface area contributed by atoms with Crippen molar-refractivity contribution in [2.45, 2.75) is 11.9 Å². The van der Waals surface area contributed by atoms with E-state index >= 15 is 0 Å². The van der Waals surface area contributed by atoms with E-state index in [0.29, 0.717) is 0 Å². The SMILES string of the molecule is CC(CNS(=O)(=O)c1ccnn1C)C(N)=S. The van der Waals surface area contributed by atoms with Gasteiger partial charge in [0.05, 0.1) is 11.2 Å². The number of nitrogens with zero attached hydrogens (tertiary/aromatic N) is 2. The zero-order valence-electron chi connectivity index (χ0n) is 9.04. The van der Waals surface area contributed by atoms with Crippen LogP contribution < -0.4 is 10.5 Å². The quantitative estimate of drug-likeness (QED) is 0.706. The summed E-state index contributed by atoms with van der Waals surface area (Å²) in [5, 5.41) is 3.91. The molecule has 3 N–H and O–H groups in total. The number of thiocarbonyl (C=S) groups is 1. The van der Waals surface area contributed by atoms with Crippen LogP contribution in [0, 0.1) is 5.92 Å². The summed E-state index contributed by atoms with van der Waals surface area (Å²) < 4.78 is 27.3.